The Morgan fingerprint density at radius 1 is 1.50 bits per heavy atom. The molecule has 0 nitrogen and oxygen atoms in total. The fourth-order valence-corrected chi connectivity index (χ4v) is 1.30. The Hall–Kier alpha value is -0.960. The van der Waals surface area contributed by atoms with E-state index in [0.29, 0.717) is 5.92 Å². The smallest absolute Gasteiger partial charge is 0.0417 e. The zero-order chi connectivity index (χ0) is 9.19. The molecule has 0 aromatic heterocycles. The van der Waals surface area contributed by atoms with Gasteiger partial charge in [-0.3, -0.25) is 0 Å². The first-order valence-corrected chi connectivity index (χ1v) is 4.39. The molecular formula is C12H16. The molecule has 0 radical (unpaired) electrons. The summed E-state index contributed by atoms with van der Waals surface area (Å²) in [6, 6.07) is 0. The van der Waals surface area contributed by atoms with Crippen LogP contribution in [0.25, 0.3) is 0 Å². The van der Waals surface area contributed by atoms with Gasteiger partial charge < -0.3 is 0 Å². The molecule has 1 atom stereocenters. The van der Waals surface area contributed by atoms with Gasteiger partial charge in [0.1, 0.15) is 0 Å². The molecule has 0 spiro atoms. The molecule has 0 aromatic rings. The van der Waals surface area contributed by atoms with Gasteiger partial charge in [-0.25, -0.2) is 0 Å². The van der Waals surface area contributed by atoms with Gasteiger partial charge in [0.2, 0.25) is 0 Å². The van der Waals surface area contributed by atoms with Crippen LogP contribution in [0.1, 0.15) is 27.2 Å². The Morgan fingerprint density at radius 2 is 2.17 bits per heavy atom. The van der Waals surface area contributed by atoms with Crippen LogP contribution in [0.3, 0.4) is 0 Å². The van der Waals surface area contributed by atoms with Crippen LogP contribution in [0.4, 0.5) is 0 Å². The Kier molecular flexibility index (Phi) is 2.43. The first-order valence-electron chi connectivity index (χ1n) is 4.39. The molecule has 1 unspecified atom stereocenters. The average Bonchev–Trinajstić information content (AvgIpc) is 2.03. The number of rotatable bonds is 0. The van der Waals surface area contributed by atoms with Crippen LogP contribution in [0, 0.1) is 23.7 Å². The highest BCUT2D eigenvalue weighted by molar-refractivity contribution is 5.31. The maximum atomic E-state index is 5.33. The Morgan fingerprint density at radius 3 is 2.50 bits per heavy atom. The summed E-state index contributed by atoms with van der Waals surface area (Å²) < 4.78 is 0. The molecule has 0 saturated carbocycles. The SMILES string of the molecule is C#CC1C=CC(C(C)(C)C)=CC1. The van der Waals surface area contributed by atoms with Crippen LogP contribution < -0.4 is 0 Å². The molecule has 12 heavy (non-hydrogen) atoms. The Labute approximate surface area is 75.4 Å². The topological polar surface area (TPSA) is 0 Å². The largest absolute Gasteiger partial charge is 0.119 e. The summed E-state index contributed by atoms with van der Waals surface area (Å²) in [7, 11) is 0. The van der Waals surface area contributed by atoms with Crippen molar-refractivity contribution in [3.8, 4) is 12.3 Å². The maximum Gasteiger partial charge on any atom is 0.0417 e. The lowest BCUT2D eigenvalue weighted by Gasteiger charge is -2.23. The van der Waals surface area contributed by atoms with Gasteiger partial charge in [0.05, 0.1) is 0 Å². The second-order valence-corrected chi connectivity index (χ2v) is 4.28. The van der Waals surface area contributed by atoms with E-state index < -0.39 is 0 Å². The number of hydrogen-bond acceptors (Lipinski definition) is 0. The second-order valence-electron chi connectivity index (χ2n) is 4.28. The summed E-state index contributed by atoms with van der Waals surface area (Å²) in [4.78, 5) is 0. The lowest BCUT2D eigenvalue weighted by Crippen LogP contribution is -2.10. The molecule has 1 rings (SSSR count). The van der Waals surface area contributed by atoms with Crippen LogP contribution >= 0.6 is 0 Å². The lowest BCUT2D eigenvalue weighted by molar-refractivity contribution is 0.510. The van der Waals surface area contributed by atoms with Gasteiger partial charge in [0.15, 0.2) is 0 Å². The molecule has 0 saturated heterocycles. The molecule has 0 heterocycles. The second kappa shape index (κ2) is 3.19. The molecule has 0 amide bonds. The molecule has 0 aliphatic heterocycles. The number of allylic oxidation sites excluding steroid dienone is 4. The summed E-state index contributed by atoms with van der Waals surface area (Å²) in [6.45, 7) is 6.66. The molecule has 64 valence electrons. The number of hydrogen-bond donors (Lipinski definition) is 0. The number of terminal acetylenes is 1. The minimum Gasteiger partial charge on any atom is -0.119 e. The van der Waals surface area contributed by atoms with Crippen LogP contribution in [0.15, 0.2) is 23.8 Å². The molecule has 1 aliphatic carbocycles. The monoisotopic (exact) mass is 160 g/mol. The molecule has 0 N–H and O–H groups in total. The zero-order valence-electron chi connectivity index (χ0n) is 8.09. The van der Waals surface area contributed by atoms with Crippen molar-refractivity contribution in [2.24, 2.45) is 11.3 Å². The molecular weight excluding hydrogens is 144 g/mol. The van der Waals surface area contributed by atoms with Gasteiger partial charge in [-0.2, -0.15) is 0 Å². The quantitative estimate of drug-likeness (QED) is 0.477. The van der Waals surface area contributed by atoms with Crippen molar-refractivity contribution in [2.45, 2.75) is 27.2 Å². The van der Waals surface area contributed by atoms with Crippen LogP contribution in [0.2, 0.25) is 0 Å². The van der Waals surface area contributed by atoms with Crippen molar-refractivity contribution in [1.29, 1.82) is 0 Å². The first-order chi connectivity index (χ1) is 5.54. The van der Waals surface area contributed by atoms with E-state index in [1.807, 2.05) is 0 Å². The predicted octanol–water partition coefficient (Wildman–Crippen LogP) is 3.17. The fraction of sp³-hybridized carbons (Fsp3) is 0.500. The van der Waals surface area contributed by atoms with Crippen LogP contribution in [-0.2, 0) is 0 Å². The third kappa shape index (κ3) is 2.01. The Bertz CT molecular complexity index is 253. The summed E-state index contributed by atoms with van der Waals surface area (Å²) >= 11 is 0. The minimum atomic E-state index is 0.260. The van der Waals surface area contributed by atoms with Gasteiger partial charge in [-0.15, -0.1) is 6.42 Å². The zero-order valence-corrected chi connectivity index (χ0v) is 8.09. The van der Waals surface area contributed by atoms with E-state index in [0.717, 1.165) is 6.42 Å². The first kappa shape index (κ1) is 9.13. The molecule has 1 aliphatic rings. The summed E-state index contributed by atoms with van der Waals surface area (Å²) in [5.41, 5.74) is 1.66. The lowest BCUT2D eigenvalue weighted by atomic mass is 9.82. The van der Waals surface area contributed by atoms with Crippen molar-refractivity contribution < 1.29 is 0 Å². The summed E-state index contributed by atoms with van der Waals surface area (Å²) in [5, 5.41) is 0. The third-order valence-corrected chi connectivity index (χ3v) is 2.18. The van der Waals surface area contributed by atoms with Crippen molar-refractivity contribution >= 4 is 0 Å². The molecule has 0 heteroatoms. The van der Waals surface area contributed by atoms with E-state index in [1.165, 1.54) is 5.57 Å². The standard InChI is InChI=1S/C12H16/c1-5-10-6-8-11(9-7-10)12(2,3)4/h1,6,8-10H,7H2,2-4H3. The van der Waals surface area contributed by atoms with E-state index >= 15 is 0 Å². The molecule has 0 fully saturated rings. The van der Waals surface area contributed by atoms with Crippen LogP contribution in [-0.4, -0.2) is 0 Å². The van der Waals surface area contributed by atoms with E-state index in [-0.39, 0.29) is 5.41 Å². The normalized spacial score (nSPS) is 23.2. The van der Waals surface area contributed by atoms with E-state index in [1.54, 1.807) is 0 Å². The summed E-state index contributed by atoms with van der Waals surface area (Å²) in [6.07, 6.45) is 12.9. The van der Waals surface area contributed by atoms with Crippen molar-refractivity contribution in [2.75, 3.05) is 0 Å². The fourth-order valence-electron chi connectivity index (χ4n) is 1.30. The highest BCUT2D eigenvalue weighted by Gasteiger charge is 2.17. The third-order valence-electron chi connectivity index (χ3n) is 2.18. The average molecular weight is 160 g/mol. The van der Waals surface area contributed by atoms with E-state index in [2.05, 4.69) is 44.9 Å². The predicted molar refractivity (Wildman–Crippen MR) is 53.6 cm³/mol. The van der Waals surface area contributed by atoms with E-state index in [4.69, 9.17) is 6.42 Å². The van der Waals surface area contributed by atoms with Crippen LogP contribution in [0.5, 0.6) is 0 Å². The highest BCUT2D eigenvalue weighted by Crippen LogP contribution is 2.30. The molecule has 0 aromatic carbocycles. The van der Waals surface area contributed by atoms with Gasteiger partial charge in [0, 0.05) is 5.92 Å². The van der Waals surface area contributed by atoms with Crippen molar-refractivity contribution in [3.63, 3.8) is 0 Å². The van der Waals surface area contributed by atoms with Crippen molar-refractivity contribution in [1.82, 2.24) is 0 Å². The maximum absolute atomic E-state index is 5.33. The minimum absolute atomic E-state index is 0.260. The summed E-state index contributed by atoms with van der Waals surface area (Å²) in [5.74, 6) is 3.06. The van der Waals surface area contributed by atoms with Gasteiger partial charge in [-0.1, -0.05) is 44.9 Å². The highest BCUT2D eigenvalue weighted by atomic mass is 14.2. The van der Waals surface area contributed by atoms with E-state index in [9.17, 15) is 0 Å². The molecule has 0 bridgehead atoms. The Balaban J connectivity index is 2.72. The van der Waals surface area contributed by atoms with Gasteiger partial charge in [-0.05, 0) is 17.4 Å². The van der Waals surface area contributed by atoms with Gasteiger partial charge in [0.25, 0.3) is 0 Å². The van der Waals surface area contributed by atoms with Crippen molar-refractivity contribution in [3.05, 3.63) is 23.8 Å². The van der Waals surface area contributed by atoms with Gasteiger partial charge >= 0.3 is 0 Å².